The average Bonchev–Trinajstić information content (AvgIpc) is 3.37. The minimum atomic E-state index is -1.91. The Bertz CT molecular complexity index is 1460. The molecule has 422 valence electrons. The highest BCUT2D eigenvalue weighted by atomic mass is 16.7. The van der Waals surface area contributed by atoms with E-state index in [2.05, 4.69) is 69.4 Å². The quantitative estimate of drug-likeness (QED) is 0.0228. The third-order valence-corrected chi connectivity index (χ3v) is 13.3. The molecule has 1 heterocycles. The summed E-state index contributed by atoms with van der Waals surface area (Å²) in [5.41, 5.74) is 0. The molecule has 0 saturated carbocycles. The molecule has 0 aromatic heterocycles. The molecule has 1 fully saturated rings. The lowest BCUT2D eigenvalue weighted by atomic mass is 9.98. The van der Waals surface area contributed by atoms with Gasteiger partial charge in [0.25, 0.3) is 0 Å². The van der Waals surface area contributed by atoms with Gasteiger partial charge in [0.1, 0.15) is 18.8 Å². The first-order valence-electron chi connectivity index (χ1n) is 29.6. The topological polar surface area (TPSA) is 175 Å². The summed E-state index contributed by atoms with van der Waals surface area (Å²) >= 11 is 0. The fourth-order valence-electron chi connectivity index (χ4n) is 8.75. The number of aliphatic hydroxyl groups is 2. The number of ether oxygens (including phenoxy) is 5. The van der Waals surface area contributed by atoms with Gasteiger partial charge in [0, 0.05) is 19.3 Å². The molecule has 12 heteroatoms. The summed E-state index contributed by atoms with van der Waals surface area (Å²) in [4.78, 5) is 51.1. The summed E-state index contributed by atoms with van der Waals surface area (Å²) in [5, 5.41) is 31.5. The van der Waals surface area contributed by atoms with Crippen molar-refractivity contribution < 1.29 is 58.2 Å². The van der Waals surface area contributed by atoms with Crippen LogP contribution in [0.1, 0.15) is 265 Å². The number of carbonyl (C=O) groups excluding carboxylic acids is 3. The van der Waals surface area contributed by atoms with Crippen LogP contribution in [0.2, 0.25) is 0 Å². The molecule has 73 heavy (non-hydrogen) atoms. The minimum Gasteiger partial charge on any atom is -0.479 e. The second-order valence-electron chi connectivity index (χ2n) is 20.3. The number of hydrogen-bond acceptors (Lipinski definition) is 11. The lowest BCUT2D eigenvalue weighted by Crippen LogP contribution is -2.61. The predicted octanol–water partition coefficient (Wildman–Crippen LogP) is 15.0. The molecule has 0 aliphatic carbocycles. The fourth-order valence-corrected chi connectivity index (χ4v) is 8.75. The van der Waals surface area contributed by atoms with Gasteiger partial charge < -0.3 is 39.0 Å². The standard InChI is InChI=1S/C61H106O12/c1-4-7-10-13-16-19-22-25-27-30-32-35-38-41-44-47-53(62)69-50-52(71-54(63)48-45-42-39-36-33-29-24-21-18-15-12-9-6-3)51-70-61-59(57(66)56(65)58(73-61)60(67)68)72-55(64)49-46-43-40-37-34-31-28-26-23-20-17-14-11-8-5-2/h12,15,21,24-28,52,56-59,61,65-66H,4-11,13-14,16-20,22-23,29-51H2,1-3H3,(H,67,68)/b15-12-,24-21-,27-25-,28-26-. The lowest BCUT2D eigenvalue weighted by molar-refractivity contribution is -0.301. The molecule has 0 radical (unpaired) electrons. The third-order valence-electron chi connectivity index (χ3n) is 13.3. The van der Waals surface area contributed by atoms with E-state index in [1.54, 1.807) is 0 Å². The van der Waals surface area contributed by atoms with Gasteiger partial charge in [-0.3, -0.25) is 14.4 Å². The molecule has 0 spiro atoms. The van der Waals surface area contributed by atoms with Crippen molar-refractivity contribution in [1.29, 1.82) is 0 Å². The van der Waals surface area contributed by atoms with E-state index in [1.807, 2.05) is 0 Å². The molecular formula is C61H106O12. The Kier molecular flexibility index (Phi) is 45.9. The highest BCUT2D eigenvalue weighted by Gasteiger charge is 2.50. The first-order valence-corrected chi connectivity index (χ1v) is 29.6. The summed E-state index contributed by atoms with van der Waals surface area (Å²) in [6, 6.07) is 0. The van der Waals surface area contributed by atoms with Crippen LogP contribution in [0, 0.1) is 0 Å². The number of aliphatic carboxylic acids is 1. The second kappa shape index (κ2) is 49.6. The van der Waals surface area contributed by atoms with E-state index in [-0.39, 0.29) is 25.9 Å². The van der Waals surface area contributed by atoms with Crippen LogP contribution in [0.4, 0.5) is 0 Å². The molecule has 1 rings (SSSR count). The molecule has 6 atom stereocenters. The average molecular weight is 1030 g/mol. The van der Waals surface area contributed by atoms with Crippen LogP contribution in [0.25, 0.3) is 0 Å². The van der Waals surface area contributed by atoms with Crippen LogP contribution < -0.4 is 0 Å². The number of allylic oxidation sites excluding steroid dienone is 8. The Balaban J connectivity index is 2.70. The van der Waals surface area contributed by atoms with Gasteiger partial charge in [-0.25, -0.2) is 4.79 Å². The SMILES string of the molecule is CCC/C=C\C/C=C\CCCCCCCC(=O)OC(COC(=O)CCCCCCC/C=C\CCCCCCCC)COC1OC(C(=O)O)C(O)C(O)C1OC(=O)CCCCCCC/C=C\CCCCCCCC. The fraction of sp³-hybridized carbons (Fsp3) is 0.803. The Hall–Kier alpha value is -3.32. The van der Waals surface area contributed by atoms with Crippen molar-refractivity contribution in [2.75, 3.05) is 13.2 Å². The van der Waals surface area contributed by atoms with Gasteiger partial charge in [0.15, 0.2) is 24.6 Å². The van der Waals surface area contributed by atoms with Crippen LogP contribution in [-0.4, -0.2) is 89.2 Å². The highest BCUT2D eigenvalue weighted by Crippen LogP contribution is 2.26. The van der Waals surface area contributed by atoms with Crippen LogP contribution in [-0.2, 0) is 42.9 Å². The molecule has 12 nitrogen and oxygen atoms in total. The number of carboxylic acids is 1. The third kappa shape index (κ3) is 39.7. The van der Waals surface area contributed by atoms with Crippen molar-refractivity contribution in [3.8, 4) is 0 Å². The van der Waals surface area contributed by atoms with E-state index in [9.17, 15) is 34.5 Å². The number of esters is 3. The van der Waals surface area contributed by atoms with Gasteiger partial charge in [-0.05, 0) is 96.3 Å². The second-order valence-corrected chi connectivity index (χ2v) is 20.3. The number of hydrogen-bond donors (Lipinski definition) is 3. The zero-order valence-corrected chi connectivity index (χ0v) is 46.4. The summed E-state index contributed by atoms with van der Waals surface area (Å²) in [6.07, 6.45) is 46.5. The predicted molar refractivity (Wildman–Crippen MR) is 294 cm³/mol. The molecular weight excluding hydrogens is 925 g/mol. The lowest BCUT2D eigenvalue weighted by Gasteiger charge is -2.40. The Morgan fingerprint density at radius 3 is 1.30 bits per heavy atom. The summed E-state index contributed by atoms with van der Waals surface area (Å²) in [5.74, 6) is -3.15. The molecule has 1 aliphatic heterocycles. The van der Waals surface area contributed by atoms with Crippen molar-refractivity contribution in [3.05, 3.63) is 48.6 Å². The van der Waals surface area contributed by atoms with Crippen molar-refractivity contribution >= 4 is 23.9 Å². The Morgan fingerprint density at radius 1 is 0.452 bits per heavy atom. The first-order chi connectivity index (χ1) is 35.6. The van der Waals surface area contributed by atoms with Gasteiger partial charge in [0.2, 0.25) is 0 Å². The number of unbranched alkanes of at least 4 members (excludes halogenated alkanes) is 28. The van der Waals surface area contributed by atoms with E-state index < -0.39 is 67.3 Å². The maximum atomic E-state index is 13.1. The molecule has 0 amide bonds. The maximum absolute atomic E-state index is 13.1. The summed E-state index contributed by atoms with van der Waals surface area (Å²) < 4.78 is 28.4. The molecule has 0 aromatic rings. The van der Waals surface area contributed by atoms with E-state index in [0.29, 0.717) is 19.3 Å². The van der Waals surface area contributed by atoms with Gasteiger partial charge in [-0.15, -0.1) is 0 Å². The number of rotatable bonds is 50. The van der Waals surface area contributed by atoms with Crippen LogP contribution in [0.3, 0.4) is 0 Å². The summed E-state index contributed by atoms with van der Waals surface area (Å²) in [6.45, 7) is 5.90. The van der Waals surface area contributed by atoms with Gasteiger partial charge >= 0.3 is 23.9 Å². The van der Waals surface area contributed by atoms with E-state index in [1.165, 1.54) is 77.0 Å². The zero-order valence-electron chi connectivity index (χ0n) is 46.4. The van der Waals surface area contributed by atoms with Gasteiger partial charge in [-0.1, -0.05) is 198 Å². The number of aliphatic hydroxyl groups excluding tert-OH is 2. The van der Waals surface area contributed by atoms with Gasteiger partial charge in [-0.2, -0.15) is 0 Å². The number of carbonyl (C=O) groups is 4. The van der Waals surface area contributed by atoms with Gasteiger partial charge in [0.05, 0.1) is 6.61 Å². The number of carboxylic acid groups (broad SMARTS) is 1. The summed E-state index contributed by atoms with van der Waals surface area (Å²) in [7, 11) is 0. The van der Waals surface area contributed by atoms with E-state index in [0.717, 1.165) is 128 Å². The zero-order chi connectivity index (χ0) is 53.3. The maximum Gasteiger partial charge on any atom is 0.335 e. The largest absolute Gasteiger partial charge is 0.479 e. The van der Waals surface area contributed by atoms with Crippen molar-refractivity contribution in [1.82, 2.24) is 0 Å². The Labute approximate surface area is 443 Å². The molecule has 0 bridgehead atoms. The van der Waals surface area contributed by atoms with E-state index >= 15 is 0 Å². The Morgan fingerprint density at radius 2 is 0.849 bits per heavy atom. The van der Waals surface area contributed by atoms with Crippen LogP contribution >= 0.6 is 0 Å². The smallest absolute Gasteiger partial charge is 0.335 e. The molecule has 0 aromatic carbocycles. The molecule has 1 aliphatic rings. The monoisotopic (exact) mass is 1030 g/mol. The molecule has 3 N–H and O–H groups in total. The van der Waals surface area contributed by atoms with Crippen molar-refractivity contribution in [2.24, 2.45) is 0 Å². The normalized spacial score (nSPS) is 18.6. The minimum absolute atomic E-state index is 0.0491. The van der Waals surface area contributed by atoms with Crippen LogP contribution in [0.15, 0.2) is 48.6 Å². The first kappa shape index (κ1) is 67.7. The van der Waals surface area contributed by atoms with Crippen molar-refractivity contribution in [3.63, 3.8) is 0 Å². The van der Waals surface area contributed by atoms with Crippen molar-refractivity contribution in [2.45, 2.75) is 302 Å². The highest BCUT2D eigenvalue weighted by molar-refractivity contribution is 5.74. The van der Waals surface area contributed by atoms with Crippen LogP contribution in [0.5, 0.6) is 0 Å². The molecule has 1 saturated heterocycles. The van der Waals surface area contributed by atoms with E-state index in [4.69, 9.17) is 23.7 Å². The molecule has 6 unspecified atom stereocenters.